The Morgan fingerprint density at radius 1 is 0.667 bits per heavy atom. The van der Waals surface area contributed by atoms with Crippen molar-refractivity contribution in [3.05, 3.63) is 0 Å². The zero-order valence-corrected chi connectivity index (χ0v) is 25.7. The number of hydrogen-bond acceptors (Lipinski definition) is 2. The van der Waals surface area contributed by atoms with Crippen molar-refractivity contribution in [2.45, 2.75) is 110 Å². The molecule has 0 aliphatic heterocycles. The predicted molar refractivity (Wildman–Crippen MR) is 133 cm³/mol. The zero-order valence-electron chi connectivity index (χ0n) is 25.0. The Bertz CT molecular complexity index is 365. The van der Waals surface area contributed by atoms with Crippen LogP contribution >= 0.6 is 7.82 Å². The third-order valence-electron chi connectivity index (χ3n) is 3.99. The van der Waals surface area contributed by atoms with Crippen molar-refractivity contribution in [2.75, 3.05) is 0 Å². The smallest absolute Gasteiger partial charge is 1.00 e. The molecular weight excluding hydrogens is 480 g/mol. The number of carbonyl (C=O) groups is 1. The van der Waals surface area contributed by atoms with E-state index in [1.807, 2.05) is 0 Å². The molecule has 0 aliphatic carbocycles. The summed E-state index contributed by atoms with van der Waals surface area (Å²) in [6.07, 6.45) is 20.2. The molecule has 0 spiro atoms. The maximum Gasteiger partial charge on any atom is 2.00 e. The van der Waals surface area contributed by atoms with Crippen molar-refractivity contribution in [3.8, 4) is 0 Å². The minimum atomic E-state index is -4.64. The summed E-state index contributed by atoms with van der Waals surface area (Å²) in [5, 5.41) is 8.52. The molecule has 0 unspecified atom stereocenters. The van der Waals surface area contributed by atoms with Crippen LogP contribution in [0.25, 0.3) is 0 Å². The molecule has 12 heteroatoms. The molecule has 0 amide bonds. The van der Waals surface area contributed by atoms with Gasteiger partial charge in [-0.05, 0) is 6.42 Å². The Balaban J connectivity index is -0.0000000275. The Morgan fingerprint density at radius 3 is 1.07 bits per heavy atom. The van der Waals surface area contributed by atoms with E-state index in [1.54, 1.807) is 0 Å². The van der Waals surface area contributed by atoms with E-state index in [9.17, 15) is 4.79 Å². The Kier molecular flexibility index (Phi) is 64.8. The van der Waals surface area contributed by atoms with E-state index >= 15 is 0 Å². The van der Waals surface area contributed by atoms with Crippen LogP contribution in [0, 0.1) is 0 Å². The van der Waals surface area contributed by atoms with E-state index in [0.717, 1.165) is 12.8 Å². The number of carboxylic acids is 1. The fourth-order valence-electron chi connectivity index (χ4n) is 2.65. The summed E-state index contributed by atoms with van der Waals surface area (Å²) in [5.41, 5.74) is 0. The van der Waals surface area contributed by atoms with Gasteiger partial charge in [-0.15, -0.1) is 0 Å². The van der Waals surface area contributed by atoms with Crippen LogP contribution in [0.1, 0.15) is 118 Å². The van der Waals surface area contributed by atoms with Gasteiger partial charge in [0.1, 0.15) is 0 Å². The molecule has 8 N–H and O–H groups in total. The average Bonchev–Trinajstić information content (AvgIpc) is 2.49. The van der Waals surface area contributed by atoms with Crippen LogP contribution in [-0.2, 0) is 9.36 Å². The summed E-state index contributed by atoms with van der Waals surface area (Å²) in [6.45, 7) is 2.27. The topological polar surface area (TPSA) is 178 Å². The van der Waals surface area contributed by atoms with Crippen LogP contribution in [-0.4, -0.2) is 135 Å². The van der Waals surface area contributed by atoms with Gasteiger partial charge in [-0.3, -0.25) is 4.79 Å². The molecule has 0 bridgehead atoms. The quantitative estimate of drug-likeness (QED) is 0.135. The van der Waals surface area contributed by atoms with Crippen molar-refractivity contribution < 1.29 is 48.7 Å². The van der Waals surface area contributed by atoms with Gasteiger partial charge in [0.2, 0.25) is 0 Å². The maximum atomic E-state index is 10.3. The summed E-state index contributed by atoms with van der Waals surface area (Å²) >= 11 is 0. The van der Waals surface area contributed by atoms with Crippen LogP contribution in [0.4, 0.5) is 0 Å². The summed E-state index contributed by atoms with van der Waals surface area (Å²) in [4.78, 5) is 31.9. The number of hydrogen-bond donors (Lipinski definition) is 4. The minimum absolute atomic E-state index is 0. The summed E-state index contributed by atoms with van der Waals surface area (Å²) in [6, 6.07) is 0. The van der Waals surface area contributed by atoms with Gasteiger partial charge in [-0.2, -0.15) is 0 Å². The Hall–Kier alpha value is 2.79. The van der Waals surface area contributed by atoms with Gasteiger partial charge in [0, 0.05) is 6.42 Å². The fourth-order valence-corrected chi connectivity index (χ4v) is 2.65. The van der Waals surface area contributed by atoms with Crippen molar-refractivity contribution in [3.63, 3.8) is 0 Å². The van der Waals surface area contributed by atoms with Crippen LogP contribution in [0.2, 0.25) is 0 Å². The molecule has 0 saturated heterocycles. The molecule has 0 heterocycles. The van der Waals surface area contributed by atoms with Gasteiger partial charge in [-0.1, -0.05) is 96.8 Å². The van der Waals surface area contributed by atoms with Crippen molar-refractivity contribution in [1.82, 2.24) is 0 Å². The predicted octanol–water partition coefficient (Wildman–Crippen LogP) is 3.29. The van der Waals surface area contributed by atoms with Crippen molar-refractivity contribution in [1.29, 1.82) is 0 Å². The van der Waals surface area contributed by atoms with Crippen LogP contribution in [0.15, 0.2) is 0 Å². The zero-order chi connectivity index (χ0) is 19.4. The maximum absolute atomic E-state index is 10.3. The third-order valence-corrected chi connectivity index (χ3v) is 3.99. The first-order chi connectivity index (χ1) is 11.8. The second kappa shape index (κ2) is 39.0. The van der Waals surface area contributed by atoms with Crippen molar-refractivity contribution in [2.24, 2.45) is 0 Å². The monoisotopic (exact) mass is 528 g/mol. The molecule has 30 heavy (non-hydrogen) atoms. The summed E-state index contributed by atoms with van der Waals surface area (Å²) < 4.78 is 8.88. The summed E-state index contributed by atoms with van der Waals surface area (Å²) in [5.74, 6) is -0.653. The SMILES string of the molecule is CCCCCCCCCCCCCCCCCC(=O)O.O.O.O=P(O)(O)O.[Ca+2].[Ca+2].[H-].[H-].[H-].[H-].[H-].[H-].[Mg+2]. The molecule has 180 valence electrons. The second-order valence-corrected chi connectivity index (χ2v) is 7.63. The van der Waals surface area contributed by atoms with Gasteiger partial charge in [0.25, 0.3) is 0 Å². The van der Waals surface area contributed by atoms with Gasteiger partial charge in [-0.25, -0.2) is 4.57 Å². The first-order valence-electron chi connectivity index (χ1n) is 9.77. The first kappa shape index (κ1) is 49.8. The van der Waals surface area contributed by atoms with Gasteiger partial charge < -0.3 is 39.3 Å². The number of phosphoric acid groups is 1. The largest absolute Gasteiger partial charge is 2.00 e. The minimum Gasteiger partial charge on any atom is -1.00 e. The summed E-state index contributed by atoms with van der Waals surface area (Å²) in [7, 11) is -4.64. The Morgan fingerprint density at radius 2 is 0.867 bits per heavy atom. The van der Waals surface area contributed by atoms with E-state index in [1.165, 1.54) is 83.5 Å². The normalized spacial score (nSPS) is 9.20. The average molecular weight is 529 g/mol. The standard InChI is InChI=1S/C18H36O2.2Ca.Mg.H3O4P.2H2O.6H/c1-2-3-4-5-6-7-8-9-10-11-12-13-14-15-16-17-18(19)20;;;;1-5(2,3)4;;;;;;;;/h2-17H2,1H3,(H,19,20);;;;(H3,1,2,3,4);2*1H2;;;;;;/q;3*+2;;;;6*-1. The second-order valence-electron chi connectivity index (χ2n) is 6.61. The fraction of sp³-hybridized carbons (Fsp3) is 0.944. The van der Waals surface area contributed by atoms with Gasteiger partial charge in [0.05, 0.1) is 0 Å². The van der Waals surface area contributed by atoms with E-state index in [-0.39, 0.29) is 118 Å². The van der Waals surface area contributed by atoms with Gasteiger partial charge >= 0.3 is 112 Å². The van der Waals surface area contributed by atoms with E-state index < -0.39 is 13.8 Å². The van der Waals surface area contributed by atoms with Crippen LogP contribution in [0.3, 0.4) is 0 Å². The van der Waals surface area contributed by atoms with E-state index in [0.29, 0.717) is 6.42 Å². The molecule has 0 aromatic rings. The van der Waals surface area contributed by atoms with E-state index in [4.69, 9.17) is 24.4 Å². The Labute approximate surface area is 267 Å². The molecule has 0 aromatic carbocycles. The third kappa shape index (κ3) is 69.8. The molecule has 0 saturated carbocycles. The molecule has 0 fully saturated rings. The van der Waals surface area contributed by atoms with Crippen LogP contribution < -0.4 is 0 Å². The number of carboxylic acid groups (broad SMARTS) is 1. The molecule has 8 nitrogen and oxygen atoms in total. The van der Waals surface area contributed by atoms with Crippen molar-refractivity contribution >= 4 is 112 Å². The molecule has 0 radical (unpaired) electrons. The van der Waals surface area contributed by atoms with E-state index in [2.05, 4.69) is 6.92 Å². The molecule has 0 atom stereocenters. The first-order valence-corrected chi connectivity index (χ1v) is 11.3. The number of aliphatic carboxylic acids is 1. The van der Waals surface area contributed by atoms with Gasteiger partial charge in [0.15, 0.2) is 0 Å². The molecule has 0 rings (SSSR count). The number of unbranched alkanes of at least 4 members (excludes halogenated alkanes) is 14. The molecular formula is C18H49Ca2MgO8P. The van der Waals surface area contributed by atoms with Crippen LogP contribution in [0.5, 0.6) is 0 Å². The molecule has 0 aliphatic rings. The number of rotatable bonds is 16. The molecule has 0 aromatic heterocycles.